The molecule has 0 radical (unpaired) electrons. The summed E-state index contributed by atoms with van der Waals surface area (Å²) < 4.78 is 7.61. The highest BCUT2D eigenvalue weighted by molar-refractivity contribution is 8.01. The molecular weight excluding hydrogens is 418 g/mol. The van der Waals surface area contributed by atoms with Crippen molar-refractivity contribution in [1.82, 2.24) is 4.90 Å². The first-order chi connectivity index (χ1) is 15.6. The average molecular weight is 452 g/mol. The van der Waals surface area contributed by atoms with Crippen LogP contribution in [0.2, 0.25) is 0 Å². The molecule has 1 N–H and O–H groups in total. The summed E-state index contributed by atoms with van der Waals surface area (Å²) in [5.41, 5.74) is 3.82. The first-order valence-corrected chi connectivity index (χ1v) is 12.5. The molecule has 4 rings (SSSR count). The number of carbonyl (C=O) groups excluding carboxylic acids is 1. The van der Waals surface area contributed by atoms with Gasteiger partial charge in [0.05, 0.1) is 12.0 Å². The minimum absolute atomic E-state index is 0.135. The largest absolute Gasteiger partial charge is 0.464 e. The zero-order valence-electron chi connectivity index (χ0n) is 19.2. The Labute approximate surface area is 195 Å². The predicted octanol–water partition coefficient (Wildman–Crippen LogP) is 7.12. The number of hydrogen-bond donors (Lipinski definition) is 1. The minimum Gasteiger partial charge on any atom is -0.464 e. The lowest BCUT2D eigenvalue weighted by atomic mass is 9.88. The summed E-state index contributed by atoms with van der Waals surface area (Å²) in [7, 11) is 0. The van der Waals surface area contributed by atoms with Gasteiger partial charge in [0.25, 0.3) is 0 Å². The Hall–Kier alpha value is -2.44. The molecule has 0 aliphatic carbocycles. The van der Waals surface area contributed by atoms with Crippen LogP contribution < -0.4 is 9.62 Å². The van der Waals surface area contributed by atoms with Gasteiger partial charge >= 0.3 is 6.03 Å². The van der Waals surface area contributed by atoms with Crippen LogP contribution in [0.4, 0.5) is 16.2 Å². The fraction of sp³-hybridized carbons (Fsp3) is 0.423. The zero-order chi connectivity index (χ0) is 22.5. The second-order valence-electron chi connectivity index (χ2n) is 8.70. The molecule has 2 aromatic carbocycles. The van der Waals surface area contributed by atoms with Crippen molar-refractivity contribution in [3.8, 4) is 0 Å². The van der Waals surface area contributed by atoms with Crippen molar-refractivity contribution >= 4 is 40.3 Å². The summed E-state index contributed by atoms with van der Waals surface area (Å²) in [6, 6.07) is 16.2. The molecule has 1 aromatic heterocycles. The van der Waals surface area contributed by atoms with Crippen LogP contribution in [-0.2, 0) is 0 Å². The number of likely N-dealkylation sites (tertiary alicyclic amines) is 1. The first kappa shape index (κ1) is 22.7. The molecule has 1 fully saturated rings. The fourth-order valence-electron chi connectivity index (χ4n) is 4.34. The average Bonchev–Trinajstić information content (AvgIpc) is 3.23. The molecule has 6 heteroatoms. The van der Waals surface area contributed by atoms with Crippen molar-refractivity contribution < 1.29 is 9.21 Å². The summed E-state index contributed by atoms with van der Waals surface area (Å²) in [4.78, 5) is 15.7. The van der Waals surface area contributed by atoms with Crippen LogP contribution >= 0.6 is 11.9 Å². The van der Waals surface area contributed by atoms with Crippen molar-refractivity contribution in [3.05, 3.63) is 60.4 Å². The molecule has 0 spiro atoms. The van der Waals surface area contributed by atoms with Gasteiger partial charge < -0.3 is 14.6 Å². The number of hydrogen-bond acceptors (Lipinski definition) is 4. The summed E-state index contributed by atoms with van der Waals surface area (Å²) in [5, 5.41) is 4.21. The van der Waals surface area contributed by atoms with Gasteiger partial charge in [0.2, 0.25) is 0 Å². The molecule has 3 aromatic rings. The molecule has 1 aliphatic rings. The third kappa shape index (κ3) is 5.13. The molecule has 0 unspecified atom stereocenters. The lowest BCUT2D eigenvalue weighted by Crippen LogP contribution is -2.37. The summed E-state index contributed by atoms with van der Waals surface area (Å²) >= 11 is 1.53. The number of nitrogens with zero attached hydrogens (tertiary/aromatic N) is 2. The Kier molecular flexibility index (Phi) is 7.43. The Morgan fingerprint density at radius 1 is 1.19 bits per heavy atom. The van der Waals surface area contributed by atoms with Gasteiger partial charge in [-0.2, -0.15) is 0 Å². The molecule has 2 heterocycles. The van der Waals surface area contributed by atoms with Gasteiger partial charge in [0, 0.05) is 28.4 Å². The summed E-state index contributed by atoms with van der Waals surface area (Å²) in [5.74, 6) is 1.38. The van der Waals surface area contributed by atoms with Crippen LogP contribution in [0.15, 0.2) is 59.2 Å². The van der Waals surface area contributed by atoms with Crippen LogP contribution in [0, 0.1) is 0 Å². The predicted molar refractivity (Wildman–Crippen MR) is 136 cm³/mol. The Morgan fingerprint density at radius 3 is 2.62 bits per heavy atom. The van der Waals surface area contributed by atoms with E-state index in [1.165, 1.54) is 17.5 Å². The molecule has 0 saturated carbocycles. The number of furan rings is 1. The number of fused-ring (bicyclic) bond motifs is 1. The van der Waals surface area contributed by atoms with E-state index < -0.39 is 0 Å². The van der Waals surface area contributed by atoms with Crippen molar-refractivity contribution in [2.24, 2.45) is 0 Å². The number of rotatable bonds is 7. The van der Waals surface area contributed by atoms with Crippen LogP contribution in [0.25, 0.3) is 11.0 Å². The number of benzene rings is 2. The van der Waals surface area contributed by atoms with E-state index in [-0.39, 0.29) is 6.03 Å². The molecule has 5 nitrogen and oxygen atoms in total. The zero-order valence-corrected chi connectivity index (χ0v) is 20.0. The van der Waals surface area contributed by atoms with Crippen LogP contribution in [0.5, 0.6) is 0 Å². The maximum absolute atomic E-state index is 13.1. The maximum atomic E-state index is 13.1. The topological polar surface area (TPSA) is 48.7 Å². The van der Waals surface area contributed by atoms with E-state index in [9.17, 15) is 4.79 Å². The Bertz CT molecular complexity index is 1030. The molecule has 32 heavy (non-hydrogen) atoms. The van der Waals surface area contributed by atoms with Crippen LogP contribution in [-0.4, -0.2) is 35.8 Å². The third-order valence-corrected chi connectivity index (χ3v) is 7.38. The number of piperidine rings is 1. The highest BCUT2D eigenvalue weighted by atomic mass is 32.2. The molecule has 0 atom stereocenters. The highest BCUT2D eigenvalue weighted by Crippen LogP contribution is 2.36. The van der Waals surface area contributed by atoms with Gasteiger partial charge in [-0.05, 0) is 94.4 Å². The number of amides is 2. The SMILES string of the molecule is CCCSN(C(=O)Nc1ccc2occ(C3CCN(C(C)C)CC3)c2c1)c1ccccc1. The Morgan fingerprint density at radius 2 is 1.94 bits per heavy atom. The van der Waals surface area contributed by atoms with Gasteiger partial charge in [-0.15, -0.1) is 0 Å². The fourth-order valence-corrected chi connectivity index (χ4v) is 5.14. The number of urea groups is 1. The summed E-state index contributed by atoms with van der Waals surface area (Å²) in [6.07, 6.45) is 5.19. The van der Waals surface area contributed by atoms with Gasteiger partial charge in [-0.25, -0.2) is 9.10 Å². The smallest absolute Gasteiger partial charge is 0.336 e. The minimum atomic E-state index is -0.135. The van der Waals surface area contributed by atoms with E-state index in [4.69, 9.17) is 4.42 Å². The van der Waals surface area contributed by atoms with Crippen molar-refractivity contribution in [3.63, 3.8) is 0 Å². The second kappa shape index (κ2) is 10.5. The molecular formula is C26H33N3O2S. The normalized spacial score (nSPS) is 15.4. The molecule has 170 valence electrons. The van der Waals surface area contributed by atoms with Crippen LogP contribution in [0.1, 0.15) is 51.5 Å². The monoisotopic (exact) mass is 451 g/mol. The van der Waals surface area contributed by atoms with E-state index in [1.54, 1.807) is 4.31 Å². The van der Waals surface area contributed by atoms with E-state index in [2.05, 4.69) is 37.1 Å². The van der Waals surface area contributed by atoms with Crippen molar-refractivity contribution in [1.29, 1.82) is 0 Å². The van der Waals surface area contributed by atoms with Gasteiger partial charge in [-0.3, -0.25) is 0 Å². The quantitative estimate of drug-likeness (QED) is 0.389. The van der Waals surface area contributed by atoms with Crippen LogP contribution in [0.3, 0.4) is 0 Å². The number of anilines is 2. The number of para-hydroxylation sites is 1. The van der Waals surface area contributed by atoms with E-state index in [1.807, 2.05) is 48.7 Å². The van der Waals surface area contributed by atoms with E-state index in [0.29, 0.717) is 12.0 Å². The standard InChI is InChI=1S/C26H33N3O2S/c1-4-16-32-29(22-8-6-5-7-9-22)26(30)27-21-10-11-25-23(17-21)24(18-31-25)20-12-14-28(15-13-20)19(2)3/h5-11,17-20H,4,12-16H2,1-3H3,(H,27,30). The van der Waals surface area contributed by atoms with Gasteiger partial charge in [0.15, 0.2) is 0 Å². The van der Waals surface area contributed by atoms with E-state index >= 15 is 0 Å². The Balaban J connectivity index is 1.52. The number of carbonyl (C=O) groups is 1. The summed E-state index contributed by atoms with van der Waals surface area (Å²) in [6.45, 7) is 8.88. The maximum Gasteiger partial charge on any atom is 0.336 e. The number of nitrogens with one attached hydrogen (secondary N) is 1. The van der Waals surface area contributed by atoms with Crippen molar-refractivity contribution in [2.75, 3.05) is 28.5 Å². The lowest BCUT2D eigenvalue weighted by molar-refractivity contribution is 0.172. The third-order valence-electron chi connectivity index (χ3n) is 6.15. The van der Waals surface area contributed by atoms with E-state index in [0.717, 1.165) is 60.4 Å². The molecule has 2 amide bonds. The van der Waals surface area contributed by atoms with Gasteiger partial charge in [0.1, 0.15) is 5.58 Å². The second-order valence-corrected chi connectivity index (χ2v) is 9.73. The molecule has 1 aliphatic heterocycles. The molecule has 1 saturated heterocycles. The van der Waals surface area contributed by atoms with Gasteiger partial charge in [-0.1, -0.05) is 25.1 Å². The highest BCUT2D eigenvalue weighted by Gasteiger charge is 2.25. The first-order valence-electron chi connectivity index (χ1n) is 11.6. The molecule has 0 bridgehead atoms. The van der Waals surface area contributed by atoms with Crippen molar-refractivity contribution in [2.45, 2.75) is 52.0 Å². The lowest BCUT2D eigenvalue weighted by Gasteiger charge is -2.34.